The van der Waals surface area contributed by atoms with Gasteiger partial charge in [-0.15, -0.1) is 0 Å². The van der Waals surface area contributed by atoms with Crippen molar-refractivity contribution in [3.05, 3.63) is 83.4 Å². The SMILES string of the molecule is C=C1C(=O)NC(=O)N=C1N(CCN(CCCC(=O)O)C(=C)c1ccccc1)c1cc(C)c(C)cc1C.CC.CC. The Kier molecular flexibility index (Phi) is 14.1. The average Bonchev–Trinajstić information content (AvgIpc) is 2.95. The Labute approximate surface area is 239 Å². The molecule has 0 bridgehead atoms. The van der Waals surface area contributed by atoms with Gasteiger partial charge in [0.1, 0.15) is 0 Å². The molecule has 0 unspecified atom stereocenters. The van der Waals surface area contributed by atoms with E-state index < -0.39 is 17.9 Å². The maximum Gasteiger partial charge on any atom is 0.349 e. The van der Waals surface area contributed by atoms with E-state index in [1.54, 1.807) is 0 Å². The summed E-state index contributed by atoms with van der Waals surface area (Å²) in [6.45, 7) is 23.4. The number of nitrogens with zero attached hydrogens (tertiary/aromatic N) is 3. The lowest BCUT2D eigenvalue weighted by molar-refractivity contribution is -0.137. The summed E-state index contributed by atoms with van der Waals surface area (Å²) in [7, 11) is 0. The molecule has 1 aliphatic rings. The molecule has 2 aromatic rings. The van der Waals surface area contributed by atoms with Gasteiger partial charge >= 0.3 is 12.0 Å². The molecule has 0 saturated heterocycles. The molecule has 3 amide bonds. The van der Waals surface area contributed by atoms with Crippen molar-refractivity contribution in [3.8, 4) is 0 Å². The van der Waals surface area contributed by atoms with Crippen LogP contribution in [0.5, 0.6) is 0 Å². The zero-order valence-corrected chi connectivity index (χ0v) is 25.0. The summed E-state index contributed by atoms with van der Waals surface area (Å²) in [6.07, 6.45) is 0.481. The smallest absolute Gasteiger partial charge is 0.349 e. The summed E-state index contributed by atoms with van der Waals surface area (Å²) < 4.78 is 0. The van der Waals surface area contributed by atoms with Gasteiger partial charge in [-0.2, -0.15) is 4.99 Å². The number of urea groups is 1. The third-order valence-corrected chi connectivity index (χ3v) is 6.23. The van der Waals surface area contributed by atoms with Gasteiger partial charge in [-0.3, -0.25) is 14.9 Å². The number of carboxylic acids is 1. The standard InChI is InChI=1S/C28H32N4O4.2C2H6/c1-18-16-20(3)24(17-19(18)2)32(26-21(4)27(35)30-28(36)29-26)15-14-31(13-9-12-25(33)34)22(5)23-10-7-6-8-11-23;2*1-2/h6-8,10-11,16-17H,4-5,9,12-15H2,1-3H3,(H,33,34)(H,30,35,36);2*1-2H3. The van der Waals surface area contributed by atoms with E-state index in [9.17, 15) is 14.4 Å². The molecule has 0 fully saturated rings. The van der Waals surface area contributed by atoms with E-state index in [0.29, 0.717) is 26.1 Å². The summed E-state index contributed by atoms with van der Waals surface area (Å²) in [5.41, 5.74) is 5.76. The Morgan fingerprint density at radius 1 is 0.925 bits per heavy atom. The molecule has 0 spiro atoms. The molecule has 1 aliphatic heterocycles. The maximum atomic E-state index is 12.4. The quantitative estimate of drug-likeness (QED) is 0.328. The van der Waals surface area contributed by atoms with Gasteiger partial charge in [-0.25, -0.2) is 4.79 Å². The Bertz CT molecular complexity index is 1230. The number of carboxylic acid groups (broad SMARTS) is 1. The van der Waals surface area contributed by atoms with Crippen LogP contribution in [0.1, 0.15) is 62.8 Å². The van der Waals surface area contributed by atoms with E-state index in [-0.39, 0.29) is 17.8 Å². The first kappa shape index (κ1) is 33.8. The van der Waals surface area contributed by atoms with Gasteiger partial charge < -0.3 is 14.9 Å². The highest BCUT2D eigenvalue weighted by molar-refractivity contribution is 6.32. The molecule has 216 valence electrons. The molecular weight excluding hydrogens is 504 g/mol. The fourth-order valence-corrected chi connectivity index (χ4v) is 4.10. The van der Waals surface area contributed by atoms with Crippen molar-refractivity contribution in [1.29, 1.82) is 0 Å². The van der Waals surface area contributed by atoms with Crippen LogP contribution in [0.4, 0.5) is 10.5 Å². The Morgan fingerprint density at radius 2 is 1.52 bits per heavy atom. The van der Waals surface area contributed by atoms with Crippen LogP contribution in [-0.4, -0.2) is 53.4 Å². The number of carbonyl (C=O) groups excluding carboxylic acids is 2. The van der Waals surface area contributed by atoms with Crippen LogP contribution in [0.25, 0.3) is 5.70 Å². The van der Waals surface area contributed by atoms with Gasteiger partial charge in [0.2, 0.25) is 0 Å². The average molecular weight is 549 g/mol. The van der Waals surface area contributed by atoms with Crippen LogP contribution in [0, 0.1) is 20.8 Å². The van der Waals surface area contributed by atoms with E-state index in [2.05, 4.69) is 29.5 Å². The van der Waals surface area contributed by atoms with Crippen molar-refractivity contribution in [3.63, 3.8) is 0 Å². The molecule has 3 rings (SSSR count). The van der Waals surface area contributed by atoms with Crippen molar-refractivity contribution in [2.45, 2.75) is 61.3 Å². The number of hydrogen-bond acceptors (Lipinski definition) is 5. The Hall–Kier alpha value is -4.20. The first-order valence-electron chi connectivity index (χ1n) is 13.8. The van der Waals surface area contributed by atoms with Gasteiger partial charge in [0.15, 0.2) is 5.84 Å². The van der Waals surface area contributed by atoms with Gasteiger partial charge in [0.05, 0.1) is 5.57 Å². The number of aryl methyl sites for hydroxylation is 3. The molecule has 2 aromatic carbocycles. The van der Waals surface area contributed by atoms with E-state index in [0.717, 1.165) is 33.6 Å². The lowest BCUT2D eigenvalue weighted by Crippen LogP contribution is -2.47. The number of aliphatic imine (C=N–C) groups is 1. The van der Waals surface area contributed by atoms with Crippen molar-refractivity contribution >= 4 is 35.1 Å². The lowest BCUT2D eigenvalue weighted by atomic mass is 10.0. The van der Waals surface area contributed by atoms with Crippen LogP contribution in [-0.2, 0) is 9.59 Å². The first-order chi connectivity index (χ1) is 19.1. The monoisotopic (exact) mass is 548 g/mol. The van der Waals surface area contributed by atoms with E-state index in [1.165, 1.54) is 0 Å². The summed E-state index contributed by atoms with van der Waals surface area (Å²) >= 11 is 0. The summed E-state index contributed by atoms with van der Waals surface area (Å²) in [5.74, 6) is -1.24. The highest BCUT2D eigenvalue weighted by Gasteiger charge is 2.29. The van der Waals surface area contributed by atoms with Crippen molar-refractivity contribution in [2.75, 3.05) is 24.5 Å². The normalized spacial score (nSPS) is 12.2. The van der Waals surface area contributed by atoms with Crippen LogP contribution >= 0.6 is 0 Å². The minimum atomic E-state index is -0.856. The maximum absolute atomic E-state index is 12.4. The second-order valence-electron chi connectivity index (χ2n) is 8.84. The summed E-state index contributed by atoms with van der Waals surface area (Å²) in [4.78, 5) is 43.6. The van der Waals surface area contributed by atoms with Crippen LogP contribution in [0.2, 0.25) is 0 Å². The van der Waals surface area contributed by atoms with Gasteiger partial charge in [0, 0.05) is 37.4 Å². The molecular formula is C32H44N4O4. The molecule has 0 aromatic heterocycles. The molecule has 0 aliphatic carbocycles. The van der Waals surface area contributed by atoms with Crippen molar-refractivity contribution in [1.82, 2.24) is 10.2 Å². The first-order valence-corrected chi connectivity index (χ1v) is 13.8. The minimum Gasteiger partial charge on any atom is -0.481 e. The second kappa shape index (κ2) is 16.7. The van der Waals surface area contributed by atoms with Crippen molar-refractivity contribution < 1.29 is 19.5 Å². The number of hydrogen-bond donors (Lipinski definition) is 2. The second-order valence-corrected chi connectivity index (χ2v) is 8.84. The Balaban J connectivity index is 0.00000191. The van der Waals surface area contributed by atoms with Gasteiger partial charge in [-0.1, -0.05) is 77.3 Å². The van der Waals surface area contributed by atoms with Crippen LogP contribution in [0.3, 0.4) is 0 Å². The number of amides is 3. The van der Waals surface area contributed by atoms with Crippen molar-refractivity contribution in [2.24, 2.45) is 4.99 Å². The van der Waals surface area contributed by atoms with Gasteiger partial charge in [0.25, 0.3) is 5.91 Å². The fourth-order valence-electron chi connectivity index (χ4n) is 4.10. The number of aliphatic carboxylic acids is 1. The predicted octanol–water partition coefficient (Wildman–Crippen LogP) is 6.51. The topological polar surface area (TPSA) is 102 Å². The fraction of sp³-hybridized carbons (Fsp3) is 0.375. The number of imide groups is 1. The highest BCUT2D eigenvalue weighted by atomic mass is 16.4. The third-order valence-electron chi connectivity index (χ3n) is 6.23. The van der Waals surface area contributed by atoms with Crippen LogP contribution in [0.15, 0.2) is 66.2 Å². The number of nitrogens with one attached hydrogen (secondary N) is 1. The predicted molar refractivity (Wildman–Crippen MR) is 165 cm³/mol. The number of benzene rings is 2. The van der Waals surface area contributed by atoms with E-state index in [1.807, 2.05) is 94.7 Å². The zero-order chi connectivity index (χ0) is 30.4. The van der Waals surface area contributed by atoms with E-state index >= 15 is 0 Å². The highest BCUT2D eigenvalue weighted by Crippen LogP contribution is 2.27. The minimum absolute atomic E-state index is 0.0384. The summed E-state index contributed by atoms with van der Waals surface area (Å²) in [6, 6.07) is 13.0. The van der Waals surface area contributed by atoms with Gasteiger partial charge in [-0.05, 0) is 55.5 Å². The largest absolute Gasteiger partial charge is 0.481 e. The van der Waals surface area contributed by atoms with Crippen LogP contribution < -0.4 is 10.2 Å². The Morgan fingerprint density at radius 3 is 2.12 bits per heavy atom. The summed E-state index contributed by atoms with van der Waals surface area (Å²) in [5, 5.41) is 11.3. The molecule has 0 atom stereocenters. The number of anilines is 1. The molecule has 0 radical (unpaired) electrons. The molecule has 8 heteroatoms. The molecule has 2 N–H and O–H groups in total. The van der Waals surface area contributed by atoms with E-state index in [4.69, 9.17) is 5.11 Å². The zero-order valence-electron chi connectivity index (χ0n) is 25.0. The molecule has 0 saturated carbocycles. The third kappa shape index (κ3) is 9.22. The number of carbonyl (C=O) groups is 3. The molecule has 1 heterocycles. The number of amidine groups is 1. The molecule has 40 heavy (non-hydrogen) atoms. The lowest BCUT2D eigenvalue weighted by Gasteiger charge is -2.34. The molecule has 8 nitrogen and oxygen atoms in total. The number of rotatable bonds is 10.